The van der Waals surface area contributed by atoms with Gasteiger partial charge in [0.1, 0.15) is 0 Å². The van der Waals surface area contributed by atoms with E-state index in [9.17, 15) is 4.79 Å². The minimum atomic E-state index is -0.177. The highest BCUT2D eigenvalue weighted by Gasteiger charge is 2.08. The van der Waals surface area contributed by atoms with Crippen molar-refractivity contribution in [3.8, 4) is 0 Å². The number of hydrogen-bond acceptors (Lipinski definition) is 3. The molecule has 1 aromatic rings. The Morgan fingerprint density at radius 3 is 2.42 bits per heavy atom. The van der Waals surface area contributed by atoms with Gasteiger partial charge in [0.2, 0.25) is 0 Å². The Bertz CT molecular complexity index is 487. The Morgan fingerprint density at radius 1 is 1.32 bits per heavy atom. The number of allylic oxidation sites excluding steroid dienone is 2. The molecule has 5 N–H and O–H groups in total. The first kappa shape index (κ1) is 15.0. The van der Waals surface area contributed by atoms with Gasteiger partial charge in [-0.3, -0.25) is 4.79 Å². The summed E-state index contributed by atoms with van der Waals surface area (Å²) < 4.78 is 0. The van der Waals surface area contributed by atoms with E-state index < -0.39 is 0 Å². The van der Waals surface area contributed by atoms with Crippen molar-refractivity contribution < 1.29 is 4.79 Å². The van der Waals surface area contributed by atoms with Crippen LogP contribution in [0.5, 0.6) is 0 Å². The van der Waals surface area contributed by atoms with Crippen LogP contribution in [0.15, 0.2) is 47.8 Å². The number of rotatable bonds is 5. The highest BCUT2D eigenvalue weighted by molar-refractivity contribution is 5.95. The quantitative estimate of drug-likeness (QED) is 0.708. The van der Waals surface area contributed by atoms with Crippen LogP contribution in [0, 0.1) is 0 Å². The van der Waals surface area contributed by atoms with Crippen LogP contribution in [0.25, 0.3) is 0 Å². The molecule has 19 heavy (non-hydrogen) atoms. The summed E-state index contributed by atoms with van der Waals surface area (Å²) in [6.07, 6.45) is 4.48. The molecule has 0 bridgehead atoms. The van der Waals surface area contributed by atoms with E-state index in [-0.39, 0.29) is 5.91 Å². The predicted octanol–water partition coefficient (Wildman–Crippen LogP) is 2.03. The largest absolute Gasteiger partial charge is 0.397 e. The van der Waals surface area contributed by atoms with Gasteiger partial charge in [-0.05, 0) is 31.0 Å². The van der Waals surface area contributed by atoms with Crippen LogP contribution in [0.2, 0.25) is 0 Å². The third-order valence-electron chi connectivity index (χ3n) is 2.72. The Morgan fingerprint density at radius 2 is 1.95 bits per heavy atom. The summed E-state index contributed by atoms with van der Waals surface area (Å²) in [6.45, 7) is 4.30. The first-order chi connectivity index (χ1) is 9.12. The number of benzene rings is 1. The second-order valence-corrected chi connectivity index (χ2v) is 4.13. The summed E-state index contributed by atoms with van der Waals surface area (Å²) in [7, 11) is 0. The van der Waals surface area contributed by atoms with Crippen molar-refractivity contribution >= 4 is 5.91 Å². The molecule has 0 heterocycles. The average molecular weight is 259 g/mol. The van der Waals surface area contributed by atoms with Gasteiger partial charge in [-0.15, -0.1) is 0 Å². The SMILES string of the molecule is C/C=C(NC(=O)c1ccc(CN)cc1)\C(N)=C/CC. The standard InChI is InChI=1S/C15H21N3O/c1-3-5-13(17)14(4-2)18-15(19)12-8-6-11(10-16)7-9-12/h4-9H,3,10,16-17H2,1-2H3,(H,18,19)/b13-5+,14-4+. The van der Waals surface area contributed by atoms with Gasteiger partial charge in [0.05, 0.1) is 11.4 Å². The lowest BCUT2D eigenvalue weighted by Gasteiger charge is -2.10. The maximum atomic E-state index is 12.1. The zero-order chi connectivity index (χ0) is 14.3. The molecule has 0 fully saturated rings. The minimum Gasteiger partial charge on any atom is -0.397 e. The molecule has 0 saturated heterocycles. The van der Waals surface area contributed by atoms with Crippen LogP contribution in [0.3, 0.4) is 0 Å². The summed E-state index contributed by atoms with van der Waals surface area (Å²) in [5.74, 6) is -0.177. The molecule has 4 nitrogen and oxygen atoms in total. The van der Waals surface area contributed by atoms with Crippen molar-refractivity contribution in [2.75, 3.05) is 0 Å². The zero-order valence-corrected chi connectivity index (χ0v) is 11.4. The van der Waals surface area contributed by atoms with E-state index in [2.05, 4.69) is 5.32 Å². The van der Waals surface area contributed by atoms with Crippen LogP contribution in [-0.4, -0.2) is 5.91 Å². The number of hydrogen-bond donors (Lipinski definition) is 3. The molecular weight excluding hydrogens is 238 g/mol. The summed E-state index contributed by atoms with van der Waals surface area (Å²) in [5.41, 5.74) is 14.2. The van der Waals surface area contributed by atoms with Crippen molar-refractivity contribution in [1.82, 2.24) is 5.32 Å². The molecule has 0 spiro atoms. The van der Waals surface area contributed by atoms with Gasteiger partial charge >= 0.3 is 0 Å². The van der Waals surface area contributed by atoms with Gasteiger partial charge < -0.3 is 16.8 Å². The Labute approximate surface area is 114 Å². The van der Waals surface area contributed by atoms with E-state index in [0.29, 0.717) is 23.5 Å². The lowest BCUT2D eigenvalue weighted by Crippen LogP contribution is -2.26. The van der Waals surface area contributed by atoms with Gasteiger partial charge in [0.25, 0.3) is 5.91 Å². The molecule has 0 aromatic heterocycles. The number of nitrogens with two attached hydrogens (primary N) is 2. The van der Waals surface area contributed by atoms with E-state index in [4.69, 9.17) is 11.5 Å². The number of nitrogens with one attached hydrogen (secondary N) is 1. The van der Waals surface area contributed by atoms with Crippen molar-refractivity contribution in [3.63, 3.8) is 0 Å². The van der Waals surface area contributed by atoms with Crippen LogP contribution >= 0.6 is 0 Å². The molecular formula is C15H21N3O. The van der Waals surface area contributed by atoms with Gasteiger partial charge in [-0.2, -0.15) is 0 Å². The number of carbonyl (C=O) groups excluding carboxylic acids is 1. The fourth-order valence-corrected chi connectivity index (χ4v) is 1.63. The monoisotopic (exact) mass is 259 g/mol. The smallest absolute Gasteiger partial charge is 0.255 e. The fraction of sp³-hybridized carbons (Fsp3) is 0.267. The van der Waals surface area contributed by atoms with Crippen LogP contribution in [0.1, 0.15) is 36.2 Å². The zero-order valence-electron chi connectivity index (χ0n) is 11.4. The molecule has 1 aromatic carbocycles. The van der Waals surface area contributed by atoms with Gasteiger partial charge in [-0.1, -0.05) is 31.2 Å². The molecule has 0 radical (unpaired) electrons. The van der Waals surface area contributed by atoms with E-state index in [1.807, 2.05) is 32.1 Å². The maximum Gasteiger partial charge on any atom is 0.255 e. The van der Waals surface area contributed by atoms with Gasteiger partial charge in [0, 0.05) is 12.1 Å². The third kappa shape index (κ3) is 4.26. The van der Waals surface area contributed by atoms with Crippen LogP contribution in [-0.2, 0) is 6.54 Å². The maximum absolute atomic E-state index is 12.1. The van der Waals surface area contributed by atoms with E-state index in [1.165, 1.54) is 0 Å². The first-order valence-electron chi connectivity index (χ1n) is 6.35. The summed E-state index contributed by atoms with van der Waals surface area (Å²) in [4.78, 5) is 12.1. The van der Waals surface area contributed by atoms with Crippen molar-refractivity contribution in [1.29, 1.82) is 0 Å². The lowest BCUT2D eigenvalue weighted by molar-refractivity contribution is 0.0966. The van der Waals surface area contributed by atoms with Crippen LogP contribution < -0.4 is 16.8 Å². The molecule has 0 atom stereocenters. The molecule has 0 aliphatic heterocycles. The highest BCUT2D eigenvalue weighted by Crippen LogP contribution is 2.07. The Kier molecular flexibility index (Phi) is 5.82. The molecule has 1 rings (SSSR count). The van der Waals surface area contributed by atoms with Crippen molar-refractivity contribution in [2.24, 2.45) is 11.5 Å². The van der Waals surface area contributed by atoms with E-state index in [1.54, 1.807) is 18.2 Å². The molecule has 0 unspecified atom stereocenters. The van der Waals surface area contributed by atoms with Crippen molar-refractivity contribution in [2.45, 2.75) is 26.8 Å². The minimum absolute atomic E-state index is 0.177. The van der Waals surface area contributed by atoms with Gasteiger partial charge in [0.15, 0.2) is 0 Å². The first-order valence-corrected chi connectivity index (χ1v) is 6.35. The van der Waals surface area contributed by atoms with Crippen LogP contribution in [0.4, 0.5) is 0 Å². The number of amides is 1. The molecule has 4 heteroatoms. The molecule has 102 valence electrons. The fourth-order valence-electron chi connectivity index (χ4n) is 1.63. The Hall–Kier alpha value is -2.07. The summed E-state index contributed by atoms with van der Waals surface area (Å²) in [6, 6.07) is 7.19. The highest BCUT2D eigenvalue weighted by atomic mass is 16.1. The van der Waals surface area contributed by atoms with E-state index >= 15 is 0 Å². The number of carbonyl (C=O) groups is 1. The average Bonchev–Trinajstić information content (AvgIpc) is 2.44. The van der Waals surface area contributed by atoms with E-state index in [0.717, 1.165) is 12.0 Å². The second kappa shape index (κ2) is 7.38. The van der Waals surface area contributed by atoms with Gasteiger partial charge in [-0.25, -0.2) is 0 Å². The third-order valence-corrected chi connectivity index (χ3v) is 2.72. The topological polar surface area (TPSA) is 81.1 Å². The Balaban J connectivity index is 2.80. The molecule has 1 amide bonds. The summed E-state index contributed by atoms with van der Waals surface area (Å²) >= 11 is 0. The molecule has 0 saturated carbocycles. The lowest BCUT2D eigenvalue weighted by atomic mass is 10.1. The second-order valence-electron chi connectivity index (χ2n) is 4.13. The summed E-state index contributed by atoms with van der Waals surface area (Å²) in [5, 5.41) is 2.80. The normalized spacial score (nSPS) is 12.4. The predicted molar refractivity (Wildman–Crippen MR) is 78.1 cm³/mol. The van der Waals surface area contributed by atoms with Crippen molar-refractivity contribution in [3.05, 3.63) is 58.9 Å². The molecule has 0 aliphatic carbocycles. The molecule has 0 aliphatic rings.